The molecule has 1 N–H and O–H groups in total. The average Bonchev–Trinajstić information content (AvgIpc) is 2.34. The van der Waals surface area contributed by atoms with Crippen molar-refractivity contribution >= 4 is 0 Å². The zero-order valence-electron chi connectivity index (χ0n) is 12.8. The van der Waals surface area contributed by atoms with Crippen molar-refractivity contribution in [2.45, 2.75) is 39.8 Å². The Kier molecular flexibility index (Phi) is 6.49. The number of aryl methyl sites for hydroxylation is 2. The highest BCUT2D eigenvalue weighted by molar-refractivity contribution is 5.30. The molecule has 1 aromatic carbocycles. The Labute approximate surface area is 117 Å². The highest BCUT2D eigenvalue weighted by atomic mass is 16.5. The fourth-order valence-corrected chi connectivity index (χ4v) is 2.50. The maximum atomic E-state index is 10.4. The van der Waals surface area contributed by atoms with Crippen molar-refractivity contribution in [1.29, 1.82) is 0 Å². The molecule has 0 heterocycles. The summed E-state index contributed by atoms with van der Waals surface area (Å²) in [6, 6.07) is 6.57. The van der Waals surface area contributed by atoms with Crippen molar-refractivity contribution in [2.75, 3.05) is 26.8 Å². The SMILES string of the molecule is CCN(CC(O)c1cc(C)cc(C)c1)C(C)COC. The summed E-state index contributed by atoms with van der Waals surface area (Å²) in [4.78, 5) is 2.24. The maximum Gasteiger partial charge on any atom is 0.0917 e. The number of nitrogens with zero attached hydrogens (tertiary/aromatic N) is 1. The van der Waals surface area contributed by atoms with Crippen LogP contribution in [0.15, 0.2) is 18.2 Å². The molecular formula is C16H27NO2. The van der Waals surface area contributed by atoms with E-state index >= 15 is 0 Å². The lowest BCUT2D eigenvalue weighted by Crippen LogP contribution is -2.39. The summed E-state index contributed by atoms with van der Waals surface area (Å²) in [6.07, 6.45) is -0.446. The van der Waals surface area contributed by atoms with Gasteiger partial charge in [-0.1, -0.05) is 36.2 Å². The highest BCUT2D eigenvalue weighted by Gasteiger charge is 2.17. The standard InChI is InChI=1S/C16H27NO2/c1-6-17(14(4)11-19-5)10-16(18)15-8-12(2)7-13(3)9-15/h7-9,14,16,18H,6,10-11H2,1-5H3. The van der Waals surface area contributed by atoms with Crippen molar-refractivity contribution in [3.05, 3.63) is 34.9 Å². The Morgan fingerprint density at radius 2 is 1.79 bits per heavy atom. The molecule has 0 aliphatic heterocycles. The summed E-state index contributed by atoms with van der Waals surface area (Å²) >= 11 is 0. The predicted octanol–water partition coefficient (Wildman–Crippen LogP) is 2.69. The van der Waals surface area contributed by atoms with Gasteiger partial charge in [-0.15, -0.1) is 0 Å². The van der Waals surface area contributed by atoms with Crippen molar-refractivity contribution in [2.24, 2.45) is 0 Å². The molecule has 0 amide bonds. The summed E-state index contributed by atoms with van der Waals surface area (Å²) < 4.78 is 5.19. The number of benzene rings is 1. The first-order valence-corrected chi connectivity index (χ1v) is 6.97. The van der Waals surface area contributed by atoms with Gasteiger partial charge in [0.15, 0.2) is 0 Å². The second-order valence-corrected chi connectivity index (χ2v) is 5.33. The van der Waals surface area contributed by atoms with Gasteiger partial charge in [0.25, 0.3) is 0 Å². The second-order valence-electron chi connectivity index (χ2n) is 5.33. The maximum absolute atomic E-state index is 10.4. The van der Waals surface area contributed by atoms with Crippen LogP contribution in [0.5, 0.6) is 0 Å². The van der Waals surface area contributed by atoms with Crippen LogP contribution in [0.1, 0.15) is 36.6 Å². The number of ether oxygens (including phenoxy) is 1. The predicted molar refractivity (Wildman–Crippen MR) is 79.5 cm³/mol. The average molecular weight is 265 g/mol. The van der Waals surface area contributed by atoms with E-state index in [2.05, 4.69) is 50.8 Å². The van der Waals surface area contributed by atoms with Crippen molar-refractivity contribution < 1.29 is 9.84 Å². The number of methoxy groups -OCH3 is 1. The van der Waals surface area contributed by atoms with E-state index in [1.807, 2.05) is 0 Å². The van der Waals surface area contributed by atoms with E-state index in [9.17, 15) is 5.11 Å². The number of rotatable bonds is 7. The van der Waals surface area contributed by atoms with Gasteiger partial charge in [-0.25, -0.2) is 0 Å². The van der Waals surface area contributed by atoms with Gasteiger partial charge in [-0.05, 0) is 32.9 Å². The molecule has 0 spiro atoms. The molecule has 0 aromatic heterocycles. The van der Waals surface area contributed by atoms with Crippen LogP contribution in [0, 0.1) is 13.8 Å². The lowest BCUT2D eigenvalue weighted by molar-refractivity contribution is 0.0581. The number of aliphatic hydroxyl groups is 1. The lowest BCUT2D eigenvalue weighted by Gasteiger charge is -2.29. The van der Waals surface area contributed by atoms with E-state index < -0.39 is 6.10 Å². The third-order valence-electron chi connectivity index (χ3n) is 3.47. The molecule has 1 rings (SSSR count). The second kappa shape index (κ2) is 7.63. The van der Waals surface area contributed by atoms with Gasteiger partial charge in [-0.3, -0.25) is 4.90 Å². The minimum atomic E-state index is -0.446. The Hall–Kier alpha value is -0.900. The molecule has 108 valence electrons. The van der Waals surface area contributed by atoms with E-state index in [4.69, 9.17) is 4.74 Å². The van der Waals surface area contributed by atoms with Crippen molar-refractivity contribution in [3.63, 3.8) is 0 Å². The third-order valence-corrected chi connectivity index (χ3v) is 3.47. The Morgan fingerprint density at radius 1 is 1.21 bits per heavy atom. The van der Waals surface area contributed by atoms with Gasteiger partial charge < -0.3 is 9.84 Å². The lowest BCUT2D eigenvalue weighted by atomic mass is 10.0. The molecule has 1 aromatic rings. The molecule has 2 atom stereocenters. The van der Waals surface area contributed by atoms with E-state index in [1.165, 1.54) is 11.1 Å². The molecule has 0 radical (unpaired) electrons. The summed E-state index contributed by atoms with van der Waals surface area (Å²) in [7, 11) is 1.71. The molecule has 3 heteroatoms. The van der Waals surface area contributed by atoms with Crippen LogP contribution < -0.4 is 0 Å². The molecule has 0 fully saturated rings. The van der Waals surface area contributed by atoms with E-state index in [0.29, 0.717) is 19.2 Å². The summed E-state index contributed by atoms with van der Waals surface area (Å²) in [5, 5.41) is 10.4. The molecule has 0 aliphatic rings. The van der Waals surface area contributed by atoms with Crippen molar-refractivity contribution in [1.82, 2.24) is 4.90 Å². The molecule has 0 saturated carbocycles. The van der Waals surface area contributed by atoms with E-state index in [0.717, 1.165) is 12.1 Å². The first kappa shape index (κ1) is 16.2. The normalized spacial score (nSPS) is 14.7. The van der Waals surface area contributed by atoms with Gasteiger partial charge in [-0.2, -0.15) is 0 Å². The number of aliphatic hydroxyl groups excluding tert-OH is 1. The minimum Gasteiger partial charge on any atom is -0.387 e. The van der Waals surface area contributed by atoms with Gasteiger partial charge in [0.1, 0.15) is 0 Å². The number of likely N-dealkylation sites (N-methyl/N-ethyl adjacent to an activating group) is 1. The van der Waals surface area contributed by atoms with Crippen LogP contribution in [0.2, 0.25) is 0 Å². The fraction of sp³-hybridized carbons (Fsp3) is 0.625. The van der Waals surface area contributed by atoms with Gasteiger partial charge in [0.05, 0.1) is 12.7 Å². The summed E-state index contributed by atoms with van der Waals surface area (Å²) in [6.45, 7) is 10.6. The largest absolute Gasteiger partial charge is 0.387 e. The summed E-state index contributed by atoms with van der Waals surface area (Å²) in [5.41, 5.74) is 3.39. The molecule has 19 heavy (non-hydrogen) atoms. The van der Waals surface area contributed by atoms with Crippen LogP contribution in [0.4, 0.5) is 0 Å². The monoisotopic (exact) mass is 265 g/mol. The van der Waals surface area contributed by atoms with Gasteiger partial charge in [0.2, 0.25) is 0 Å². The topological polar surface area (TPSA) is 32.7 Å². The zero-order chi connectivity index (χ0) is 14.4. The van der Waals surface area contributed by atoms with Crippen LogP contribution in [0.3, 0.4) is 0 Å². The smallest absolute Gasteiger partial charge is 0.0917 e. The van der Waals surface area contributed by atoms with Gasteiger partial charge >= 0.3 is 0 Å². The van der Waals surface area contributed by atoms with Crippen molar-refractivity contribution in [3.8, 4) is 0 Å². The molecule has 3 nitrogen and oxygen atoms in total. The summed E-state index contributed by atoms with van der Waals surface area (Å²) in [5.74, 6) is 0. The molecule has 2 unspecified atom stereocenters. The molecule has 0 bridgehead atoms. The molecular weight excluding hydrogens is 238 g/mol. The Morgan fingerprint density at radius 3 is 2.26 bits per heavy atom. The zero-order valence-corrected chi connectivity index (χ0v) is 12.8. The minimum absolute atomic E-state index is 0.315. The molecule has 0 aliphatic carbocycles. The molecule has 0 saturated heterocycles. The quantitative estimate of drug-likeness (QED) is 0.823. The number of hydrogen-bond donors (Lipinski definition) is 1. The van der Waals surface area contributed by atoms with Crippen LogP contribution in [-0.2, 0) is 4.74 Å². The number of hydrogen-bond acceptors (Lipinski definition) is 3. The van der Waals surface area contributed by atoms with Crippen LogP contribution >= 0.6 is 0 Å². The highest BCUT2D eigenvalue weighted by Crippen LogP contribution is 2.19. The fourth-order valence-electron chi connectivity index (χ4n) is 2.50. The van der Waals surface area contributed by atoms with Gasteiger partial charge in [0, 0.05) is 19.7 Å². The van der Waals surface area contributed by atoms with Crippen LogP contribution in [0.25, 0.3) is 0 Å². The first-order chi connectivity index (χ1) is 8.97. The van der Waals surface area contributed by atoms with Crippen LogP contribution in [-0.4, -0.2) is 42.9 Å². The Balaban J connectivity index is 2.73. The van der Waals surface area contributed by atoms with E-state index in [1.54, 1.807) is 7.11 Å². The Bertz CT molecular complexity index is 372. The van der Waals surface area contributed by atoms with E-state index in [-0.39, 0.29) is 0 Å². The third kappa shape index (κ3) is 4.94. The first-order valence-electron chi connectivity index (χ1n) is 6.97.